The molecular formula is C95H57N3S. The zero-order valence-corrected chi connectivity index (χ0v) is 54.8. The molecule has 0 amide bonds. The Labute approximate surface area is 573 Å². The number of fused-ring (bicyclic) bond motifs is 23. The lowest BCUT2D eigenvalue weighted by atomic mass is 9.95. The molecule has 0 saturated carbocycles. The second kappa shape index (κ2) is 19.9. The Morgan fingerprint density at radius 3 is 1.37 bits per heavy atom. The first kappa shape index (κ1) is 53.9. The van der Waals surface area contributed by atoms with E-state index in [1.165, 1.54) is 218 Å². The molecule has 0 bridgehead atoms. The number of hydrogen-bond acceptors (Lipinski definition) is 1. The van der Waals surface area contributed by atoms with E-state index in [-0.39, 0.29) is 0 Å². The summed E-state index contributed by atoms with van der Waals surface area (Å²) in [5.41, 5.74) is 28.7. The minimum absolute atomic E-state index is 0.450. The van der Waals surface area contributed by atoms with Gasteiger partial charge in [0, 0.05) is 74.9 Å². The van der Waals surface area contributed by atoms with Crippen molar-refractivity contribution in [2.24, 2.45) is 5.92 Å². The number of nitrogens with zero attached hydrogens (tertiary/aromatic N) is 3. The molecule has 4 heterocycles. The average Bonchev–Trinajstić information content (AvgIpc) is 1.58. The molecule has 0 saturated heterocycles. The number of thiophene rings is 1. The van der Waals surface area contributed by atoms with Crippen molar-refractivity contribution >= 4 is 146 Å². The lowest BCUT2D eigenvalue weighted by Gasteiger charge is -2.19. The van der Waals surface area contributed by atoms with Crippen LogP contribution in [0.5, 0.6) is 0 Å². The van der Waals surface area contributed by atoms with Crippen molar-refractivity contribution in [2.75, 3.05) is 0 Å². The van der Waals surface area contributed by atoms with Crippen LogP contribution < -0.4 is 0 Å². The highest BCUT2D eigenvalue weighted by atomic mass is 32.1. The molecule has 0 radical (unpaired) electrons. The van der Waals surface area contributed by atoms with Gasteiger partial charge < -0.3 is 13.7 Å². The molecule has 4 heteroatoms. The topological polar surface area (TPSA) is 14.8 Å². The fraction of sp³-hybridized carbons (Fsp3) is 0.0316. The van der Waals surface area contributed by atoms with E-state index in [1.807, 2.05) is 11.3 Å². The molecule has 23 rings (SSSR count). The van der Waals surface area contributed by atoms with Gasteiger partial charge >= 0.3 is 0 Å². The molecule has 3 aliphatic rings. The first-order valence-electron chi connectivity index (χ1n) is 34.7. The number of para-hydroxylation sites is 1. The Hall–Kier alpha value is -12.3. The Balaban J connectivity index is 0.662. The van der Waals surface area contributed by atoms with Crippen molar-refractivity contribution in [3.8, 4) is 89.3 Å². The molecule has 458 valence electrons. The Bertz CT molecular complexity index is 7150. The monoisotopic (exact) mass is 1270 g/mol. The van der Waals surface area contributed by atoms with Gasteiger partial charge in [0.1, 0.15) is 0 Å². The van der Waals surface area contributed by atoms with E-state index >= 15 is 0 Å². The van der Waals surface area contributed by atoms with E-state index in [2.05, 4.69) is 330 Å². The normalized spacial score (nSPS) is 14.0. The van der Waals surface area contributed by atoms with Crippen molar-refractivity contribution in [3.63, 3.8) is 0 Å². The molecular weight excluding hydrogens is 1220 g/mol. The lowest BCUT2D eigenvalue weighted by Crippen LogP contribution is -2.04. The van der Waals surface area contributed by atoms with Crippen LogP contribution in [0.2, 0.25) is 0 Å². The summed E-state index contributed by atoms with van der Waals surface area (Å²) >= 11 is 1.89. The lowest BCUT2D eigenvalue weighted by molar-refractivity contribution is 0.730. The third kappa shape index (κ3) is 7.50. The smallest absolute Gasteiger partial charge is 0.0622 e. The number of aromatic nitrogens is 3. The van der Waals surface area contributed by atoms with Crippen LogP contribution in [-0.4, -0.2) is 13.7 Å². The quantitative estimate of drug-likeness (QED) is 0.147. The van der Waals surface area contributed by atoms with Gasteiger partial charge in [-0.1, -0.05) is 219 Å². The zero-order valence-electron chi connectivity index (χ0n) is 54.0. The molecule has 3 nitrogen and oxygen atoms in total. The third-order valence-electron chi connectivity index (χ3n) is 22.5. The van der Waals surface area contributed by atoms with E-state index in [1.54, 1.807) is 0 Å². The van der Waals surface area contributed by atoms with Crippen LogP contribution in [0.3, 0.4) is 0 Å². The van der Waals surface area contributed by atoms with Crippen LogP contribution >= 0.6 is 11.3 Å². The number of rotatable bonds is 6. The van der Waals surface area contributed by atoms with Crippen LogP contribution in [0.1, 0.15) is 13.3 Å². The second-order valence-corrected chi connectivity index (χ2v) is 29.0. The van der Waals surface area contributed by atoms with Crippen molar-refractivity contribution in [2.45, 2.75) is 13.3 Å². The molecule has 3 aliphatic carbocycles. The maximum Gasteiger partial charge on any atom is 0.0622 e. The molecule has 4 aromatic heterocycles. The predicted molar refractivity (Wildman–Crippen MR) is 423 cm³/mol. The summed E-state index contributed by atoms with van der Waals surface area (Å²) < 4.78 is 10.2. The molecule has 0 aliphatic heterocycles. The average molecular weight is 1270 g/mol. The predicted octanol–water partition coefficient (Wildman–Crippen LogP) is 26.7. The number of benzene rings is 16. The molecule has 20 aromatic rings. The number of allylic oxidation sites excluding steroid dienone is 4. The summed E-state index contributed by atoms with van der Waals surface area (Å²) in [4.78, 5) is 0. The van der Waals surface area contributed by atoms with Crippen molar-refractivity contribution in [1.82, 2.24) is 13.7 Å². The Kier molecular flexibility index (Phi) is 10.8. The molecule has 0 N–H and O–H groups in total. The van der Waals surface area contributed by atoms with E-state index in [0.717, 1.165) is 12.1 Å². The zero-order chi connectivity index (χ0) is 64.5. The molecule has 0 fully saturated rings. The summed E-state index contributed by atoms with van der Waals surface area (Å²) in [5.74, 6) is 0.450. The van der Waals surface area contributed by atoms with Gasteiger partial charge in [-0.3, -0.25) is 0 Å². The van der Waals surface area contributed by atoms with E-state index in [4.69, 9.17) is 0 Å². The maximum absolute atomic E-state index is 2.58. The van der Waals surface area contributed by atoms with Gasteiger partial charge in [0.05, 0.1) is 33.1 Å². The summed E-state index contributed by atoms with van der Waals surface area (Å²) in [7, 11) is 0. The second-order valence-electron chi connectivity index (χ2n) is 27.9. The van der Waals surface area contributed by atoms with Crippen molar-refractivity contribution < 1.29 is 0 Å². The first-order chi connectivity index (χ1) is 49.0. The van der Waals surface area contributed by atoms with Gasteiger partial charge in [0.2, 0.25) is 0 Å². The Morgan fingerprint density at radius 2 is 0.737 bits per heavy atom. The highest BCUT2D eigenvalue weighted by molar-refractivity contribution is 7.25. The summed E-state index contributed by atoms with van der Waals surface area (Å²) in [6, 6.07) is 111. The van der Waals surface area contributed by atoms with Gasteiger partial charge in [-0.15, -0.1) is 11.3 Å². The van der Waals surface area contributed by atoms with Crippen molar-refractivity contribution in [1.29, 1.82) is 0 Å². The Morgan fingerprint density at radius 1 is 0.283 bits per heavy atom. The van der Waals surface area contributed by atoms with E-state index in [9.17, 15) is 0 Å². The third-order valence-corrected chi connectivity index (χ3v) is 23.7. The number of hydrogen-bond donors (Lipinski definition) is 0. The molecule has 0 spiro atoms. The minimum atomic E-state index is 0.450. The van der Waals surface area contributed by atoms with Gasteiger partial charge in [0.25, 0.3) is 0 Å². The largest absolute Gasteiger partial charge is 0.312 e. The molecule has 1 atom stereocenters. The molecule has 16 aromatic carbocycles. The van der Waals surface area contributed by atoms with E-state index < -0.39 is 0 Å². The van der Waals surface area contributed by atoms with E-state index in [0.29, 0.717) is 5.92 Å². The van der Waals surface area contributed by atoms with Crippen LogP contribution in [0.25, 0.3) is 224 Å². The van der Waals surface area contributed by atoms with Crippen LogP contribution in [0.15, 0.2) is 309 Å². The summed E-state index contributed by atoms with van der Waals surface area (Å²) in [5, 5.41) is 20.5. The van der Waals surface area contributed by atoms with Crippen LogP contribution in [-0.2, 0) is 0 Å². The van der Waals surface area contributed by atoms with Gasteiger partial charge in [-0.05, 0) is 225 Å². The standard InChI is InChI=1S/C95H57N3S/c1-54-15-12-18-63(43-54)98-88-41-35-57(49-84(88)94-77-26-8-6-19-66(77)69-22-7-9-27-78(69)95(94)98)55-34-40-87-80(47-55)73-37-31-59(50-89(73)97(87)65-45-62-17-14-29-76-68-21-3-5-24-71(68)83(53-65)93(62)76)60-32-38-74-81-48-58(36-42-90(81)99-91(74)51-60)56-33-39-86-79(46-56)72-25-10-11-30-85(72)96(86)64-44-61-16-13-28-75-67-20-2-4-23-70(67)82(52-64)92(61)75/h2-42,44-54H,43H2,1H3. The van der Waals surface area contributed by atoms with Crippen molar-refractivity contribution in [3.05, 3.63) is 309 Å². The minimum Gasteiger partial charge on any atom is -0.312 e. The van der Waals surface area contributed by atoms with Crippen LogP contribution in [0.4, 0.5) is 0 Å². The molecule has 1 unspecified atom stereocenters. The fourth-order valence-electron chi connectivity index (χ4n) is 18.2. The SMILES string of the molecule is CC1C=CC=C(n2c3ccc(-c4ccc5c(c4)c4ccc(-c6ccc7c(c6)sc6ccc(-c8ccc9c(c8)c8ccccc8n9-c8cc9c%10c(cccc%10c8)-c8ccccc8-9)cc67)cc4n5-c4cc5c6c(cccc6c4)-c4ccccc4-5)cc3c3c4ccccc4c4ccccc4c32)C1. The molecule has 99 heavy (non-hydrogen) atoms. The fourth-order valence-corrected chi connectivity index (χ4v) is 19.4. The highest BCUT2D eigenvalue weighted by Crippen LogP contribution is 2.53. The summed E-state index contributed by atoms with van der Waals surface area (Å²) in [6.45, 7) is 2.33. The maximum atomic E-state index is 2.58. The van der Waals surface area contributed by atoms with Gasteiger partial charge in [-0.25, -0.2) is 0 Å². The summed E-state index contributed by atoms with van der Waals surface area (Å²) in [6.07, 6.45) is 7.90. The highest BCUT2D eigenvalue weighted by Gasteiger charge is 2.28. The van der Waals surface area contributed by atoms with Gasteiger partial charge in [0.15, 0.2) is 0 Å². The van der Waals surface area contributed by atoms with Crippen LogP contribution in [0, 0.1) is 5.92 Å². The van der Waals surface area contributed by atoms with Gasteiger partial charge in [-0.2, -0.15) is 0 Å². The first-order valence-corrected chi connectivity index (χ1v) is 35.5.